The van der Waals surface area contributed by atoms with Gasteiger partial charge in [-0.1, -0.05) is 82.3 Å². The topological polar surface area (TPSA) is 18.1 Å². The predicted octanol–water partition coefficient (Wildman–Crippen LogP) is 8.35. The molecule has 0 atom stereocenters. The summed E-state index contributed by atoms with van der Waals surface area (Å²) < 4.78 is 8.86. The van der Waals surface area contributed by atoms with Crippen LogP contribution in [0, 0.1) is 0 Å². The van der Waals surface area contributed by atoms with E-state index in [1.54, 1.807) is 0 Å². The first-order valence-electron chi connectivity index (χ1n) is 11.1. The third kappa shape index (κ3) is 2.17. The normalized spacial score (nSPS) is 14.1. The van der Waals surface area contributed by atoms with Gasteiger partial charge in [0, 0.05) is 21.6 Å². The smallest absolute Gasteiger partial charge is 0.145 e. The van der Waals surface area contributed by atoms with E-state index in [9.17, 15) is 0 Å². The van der Waals surface area contributed by atoms with Crippen molar-refractivity contribution in [3.63, 3.8) is 0 Å². The highest BCUT2D eigenvalue weighted by molar-refractivity contribution is 6.24. The average molecular weight is 404 g/mol. The summed E-state index contributed by atoms with van der Waals surface area (Å²) in [5.74, 6) is 0. The van der Waals surface area contributed by atoms with Crippen molar-refractivity contribution in [1.29, 1.82) is 0 Å². The number of fused-ring (bicyclic) bond motifs is 9. The Balaban J connectivity index is 0.000000902. The zero-order chi connectivity index (χ0) is 21.3. The van der Waals surface area contributed by atoms with Gasteiger partial charge in [-0.3, -0.25) is 0 Å². The van der Waals surface area contributed by atoms with Crippen LogP contribution in [0.15, 0.2) is 83.3 Å². The van der Waals surface area contributed by atoms with Gasteiger partial charge in [0.2, 0.25) is 0 Å². The van der Waals surface area contributed by atoms with Crippen LogP contribution < -0.4 is 0 Å². The SMILES string of the molecule is CC.CC1(C)c2ccccc2-n2c3ccc4c5ccccc5oc4c3c3cccc1c32. The van der Waals surface area contributed by atoms with Crippen LogP contribution in [-0.4, -0.2) is 4.57 Å². The maximum atomic E-state index is 6.42. The number of hydrogen-bond acceptors (Lipinski definition) is 1. The van der Waals surface area contributed by atoms with Crippen LogP contribution in [0.25, 0.3) is 49.4 Å². The molecule has 0 N–H and O–H groups in total. The molecule has 0 amide bonds. The summed E-state index contributed by atoms with van der Waals surface area (Å²) in [4.78, 5) is 0. The van der Waals surface area contributed by atoms with Crippen LogP contribution in [0.4, 0.5) is 0 Å². The Bertz CT molecular complexity index is 1630. The van der Waals surface area contributed by atoms with Gasteiger partial charge in [-0.15, -0.1) is 0 Å². The van der Waals surface area contributed by atoms with Gasteiger partial charge in [0.05, 0.1) is 22.1 Å². The lowest BCUT2D eigenvalue weighted by atomic mass is 9.75. The standard InChI is InChI=1S/C27H19NO.C2H6/c1-27(2)19-10-4-5-12-21(19)28-22-15-14-17-16-8-3-6-13-23(16)29-26(17)24(22)18-9-7-11-20(27)25(18)28;1-2/h3-15H,1-2H3;1-2H3. The molecule has 0 spiro atoms. The number of nitrogens with zero attached hydrogens (tertiary/aromatic N) is 1. The van der Waals surface area contributed by atoms with Crippen LogP contribution in [0.2, 0.25) is 0 Å². The molecule has 0 aliphatic carbocycles. The third-order valence-corrected chi connectivity index (χ3v) is 6.79. The van der Waals surface area contributed by atoms with Crippen LogP contribution in [-0.2, 0) is 5.41 Å². The zero-order valence-corrected chi connectivity index (χ0v) is 18.4. The Kier molecular flexibility index (Phi) is 3.68. The number of benzene rings is 4. The second kappa shape index (κ2) is 6.24. The van der Waals surface area contributed by atoms with Crippen molar-refractivity contribution in [2.45, 2.75) is 33.1 Å². The van der Waals surface area contributed by atoms with E-state index in [1.807, 2.05) is 19.9 Å². The first-order chi connectivity index (χ1) is 15.2. The highest BCUT2D eigenvalue weighted by Gasteiger charge is 2.35. The van der Waals surface area contributed by atoms with E-state index in [2.05, 4.69) is 91.2 Å². The molecule has 152 valence electrons. The highest BCUT2D eigenvalue weighted by Crippen LogP contribution is 2.49. The molecule has 4 aromatic carbocycles. The molecule has 2 aromatic heterocycles. The minimum Gasteiger partial charge on any atom is -0.455 e. The Morgan fingerprint density at radius 1 is 0.677 bits per heavy atom. The van der Waals surface area contributed by atoms with E-state index < -0.39 is 0 Å². The van der Waals surface area contributed by atoms with E-state index in [4.69, 9.17) is 4.42 Å². The molecule has 6 aromatic rings. The van der Waals surface area contributed by atoms with Crippen LogP contribution in [0.3, 0.4) is 0 Å². The number of hydrogen-bond donors (Lipinski definition) is 0. The highest BCUT2D eigenvalue weighted by atomic mass is 16.3. The maximum absolute atomic E-state index is 6.42. The van der Waals surface area contributed by atoms with Gasteiger partial charge in [-0.25, -0.2) is 0 Å². The summed E-state index contributed by atoms with van der Waals surface area (Å²) in [6.45, 7) is 8.66. The first-order valence-corrected chi connectivity index (χ1v) is 11.1. The summed E-state index contributed by atoms with van der Waals surface area (Å²) in [5.41, 5.74) is 8.40. The maximum Gasteiger partial charge on any atom is 0.145 e. The average Bonchev–Trinajstić information content (AvgIpc) is 3.35. The molecule has 0 fully saturated rings. The lowest BCUT2D eigenvalue weighted by Gasteiger charge is -2.34. The predicted molar refractivity (Wildman–Crippen MR) is 132 cm³/mol. The monoisotopic (exact) mass is 403 g/mol. The van der Waals surface area contributed by atoms with E-state index in [-0.39, 0.29) is 5.41 Å². The minimum atomic E-state index is -0.0481. The van der Waals surface area contributed by atoms with E-state index in [1.165, 1.54) is 49.4 Å². The fraction of sp³-hybridized carbons (Fsp3) is 0.172. The van der Waals surface area contributed by atoms with Crippen molar-refractivity contribution in [2.75, 3.05) is 0 Å². The second-order valence-corrected chi connectivity index (χ2v) is 8.61. The summed E-state index contributed by atoms with van der Waals surface area (Å²) >= 11 is 0. The van der Waals surface area contributed by atoms with Gasteiger partial charge in [0.1, 0.15) is 11.2 Å². The van der Waals surface area contributed by atoms with Gasteiger partial charge < -0.3 is 8.98 Å². The number of furan rings is 1. The quantitative estimate of drug-likeness (QED) is 0.249. The fourth-order valence-corrected chi connectivity index (χ4v) is 5.43. The van der Waals surface area contributed by atoms with Crippen molar-refractivity contribution >= 4 is 43.7 Å². The molecule has 0 bridgehead atoms. The Morgan fingerprint density at radius 2 is 1.39 bits per heavy atom. The number of rotatable bonds is 0. The van der Waals surface area contributed by atoms with Gasteiger partial charge in [0.15, 0.2) is 0 Å². The molecule has 31 heavy (non-hydrogen) atoms. The molecule has 7 rings (SSSR count). The minimum absolute atomic E-state index is 0.0481. The van der Waals surface area contributed by atoms with Gasteiger partial charge >= 0.3 is 0 Å². The van der Waals surface area contributed by atoms with Gasteiger partial charge in [-0.2, -0.15) is 0 Å². The molecule has 3 heterocycles. The molecule has 1 aliphatic rings. The Hall–Kier alpha value is -3.52. The van der Waals surface area contributed by atoms with Crippen LogP contribution in [0.5, 0.6) is 0 Å². The summed E-state index contributed by atoms with van der Waals surface area (Å²) in [5, 5.41) is 4.84. The molecule has 0 radical (unpaired) electrons. The molecule has 0 saturated carbocycles. The van der Waals surface area contributed by atoms with Crippen LogP contribution in [0.1, 0.15) is 38.8 Å². The summed E-state index contributed by atoms with van der Waals surface area (Å²) in [6.07, 6.45) is 0. The molecule has 1 aliphatic heterocycles. The van der Waals surface area contributed by atoms with E-state index >= 15 is 0 Å². The molecule has 2 heteroatoms. The Labute approximate surface area is 181 Å². The van der Waals surface area contributed by atoms with Crippen LogP contribution >= 0.6 is 0 Å². The van der Waals surface area contributed by atoms with Gasteiger partial charge in [-0.05, 0) is 35.4 Å². The number of aromatic nitrogens is 1. The fourth-order valence-electron chi connectivity index (χ4n) is 5.43. The molecule has 2 nitrogen and oxygen atoms in total. The second-order valence-electron chi connectivity index (χ2n) is 8.61. The number of para-hydroxylation sites is 3. The Morgan fingerprint density at radius 3 is 2.26 bits per heavy atom. The van der Waals surface area contributed by atoms with Crippen molar-refractivity contribution in [3.8, 4) is 5.69 Å². The molecule has 0 saturated heterocycles. The zero-order valence-electron chi connectivity index (χ0n) is 18.4. The summed E-state index contributed by atoms with van der Waals surface area (Å²) in [7, 11) is 0. The van der Waals surface area contributed by atoms with E-state index in [0.717, 1.165) is 11.2 Å². The molecule has 0 unspecified atom stereocenters. The van der Waals surface area contributed by atoms with Gasteiger partial charge in [0.25, 0.3) is 0 Å². The first kappa shape index (κ1) is 18.3. The lowest BCUT2D eigenvalue weighted by molar-refractivity contribution is 0.630. The molecular weight excluding hydrogens is 378 g/mol. The summed E-state index contributed by atoms with van der Waals surface area (Å²) in [6, 6.07) is 28.3. The van der Waals surface area contributed by atoms with Crippen molar-refractivity contribution in [2.24, 2.45) is 0 Å². The molecular formula is C29H25NO. The van der Waals surface area contributed by atoms with E-state index in [0.29, 0.717) is 0 Å². The van der Waals surface area contributed by atoms with Crippen molar-refractivity contribution in [1.82, 2.24) is 4.57 Å². The lowest BCUT2D eigenvalue weighted by Crippen LogP contribution is -2.26. The van der Waals surface area contributed by atoms with Crippen molar-refractivity contribution in [3.05, 3.63) is 90.0 Å². The third-order valence-electron chi connectivity index (χ3n) is 6.79. The largest absolute Gasteiger partial charge is 0.455 e. The van der Waals surface area contributed by atoms with Crippen molar-refractivity contribution < 1.29 is 4.42 Å².